The number of ether oxygens (including phenoxy) is 2. The summed E-state index contributed by atoms with van der Waals surface area (Å²) in [4.78, 5) is 12.1. The van der Waals surface area contributed by atoms with E-state index in [2.05, 4.69) is 11.4 Å². The Balaban J connectivity index is 1.93. The van der Waals surface area contributed by atoms with Gasteiger partial charge in [0.1, 0.15) is 18.0 Å². The molecule has 0 aliphatic heterocycles. The van der Waals surface area contributed by atoms with Gasteiger partial charge in [0.05, 0.1) is 11.6 Å². The van der Waals surface area contributed by atoms with Gasteiger partial charge in [0.25, 0.3) is 0 Å². The van der Waals surface area contributed by atoms with Gasteiger partial charge in [0.2, 0.25) is 0 Å². The van der Waals surface area contributed by atoms with Gasteiger partial charge in [-0.25, -0.2) is 4.79 Å². The van der Waals surface area contributed by atoms with Crippen LogP contribution >= 0.6 is 0 Å². The Morgan fingerprint density at radius 1 is 1.07 bits per heavy atom. The fraction of sp³-hybridized carbons (Fsp3) is 0.217. The van der Waals surface area contributed by atoms with Gasteiger partial charge in [0.15, 0.2) is 0 Å². The Labute approximate surface area is 164 Å². The molecule has 0 aromatic heterocycles. The number of fused-ring (bicyclic) bond motifs is 1. The first-order valence-corrected chi connectivity index (χ1v) is 8.99. The Kier molecular flexibility index (Phi) is 5.51. The molecule has 0 spiro atoms. The van der Waals surface area contributed by atoms with Crippen LogP contribution in [0.25, 0.3) is 10.8 Å². The van der Waals surface area contributed by atoms with E-state index >= 15 is 0 Å². The van der Waals surface area contributed by atoms with Crippen molar-refractivity contribution in [2.75, 3.05) is 5.32 Å². The third kappa shape index (κ3) is 5.01. The van der Waals surface area contributed by atoms with Crippen LogP contribution in [-0.2, 0) is 11.3 Å². The van der Waals surface area contributed by atoms with Crippen LogP contribution in [0.4, 0.5) is 10.5 Å². The molecule has 142 valence electrons. The molecule has 3 aromatic rings. The Hall–Kier alpha value is -3.52. The average molecular weight is 374 g/mol. The lowest BCUT2D eigenvalue weighted by Gasteiger charge is -2.20. The predicted molar refractivity (Wildman–Crippen MR) is 109 cm³/mol. The lowest BCUT2D eigenvalue weighted by Crippen LogP contribution is -2.27. The molecular formula is C23H22N2O3. The third-order valence-electron chi connectivity index (χ3n) is 3.93. The number of nitrogens with one attached hydrogen (secondary N) is 1. The van der Waals surface area contributed by atoms with Crippen molar-refractivity contribution in [3.63, 3.8) is 0 Å². The molecule has 28 heavy (non-hydrogen) atoms. The summed E-state index contributed by atoms with van der Waals surface area (Å²) in [6, 6.07) is 20.9. The van der Waals surface area contributed by atoms with Gasteiger partial charge in [-0.2, -0.15) is 5.26 Å². The number of hydrogen-bond acceptors (Lipinski definition) is 4. The zero-order chi connectivity index (χ0) is 20.1. The fourth-order valence-corrected chi connectivity index (χ4v) is 2.74. The van der Waals surface area contributed by atoms with Crippen LogP contribution in [0.3, 0.4) is 0 Å². The van der Waals surface area contributed by atoms with Crippen molar-refractivity contribution in [1.82, 2.24) is 0 Å². The second-order valence-electron chi connectivity index (χ2n) is 7.42. The normalized spacial score (nSPS) is 10.9. The third-order valence-corrected chi connectivity index (χ3v) is 3.93. The number of nitrogens with zero attached hydrogens (tertiary/aromatic N) is 1. The van der Waals surface area contributed by atoms with Crippen LogP contribution in [-0.4, -0.2) is 11.7 Å². The van der Waals surface area contributed by atoms with E-state index < -0.39 is 11.7 Å². The van der Waals surface area contributed by atoms with Crippen LogP contribution in [0.5, 0.6) is 5.75 Å². The molecule has 5 heteroatoms. The Bertz CT molecular complexity index is 1030. The molecule has 0 unspecified atom stereocenters. The first-order valence-electron chi connectivity index (χ1n) is 8.99. The number of hydrogen-bond donors (Lipinski definition) is 1. The topological polar surface area (TPSA) is 71.3 Å². The minimum absolute atomic E-state index is 0.378. The van der Waals surface area contributed by atoms with E-state index in [0.29, 0.717) is 23.6 Å². The summed E-state index contributed by atoms with van der Waals surface area (Å²) in [5, 5.41) is 13.6. The summed E-state index contributed by atoms with van der Waals surface area (Å²) in [5.41, 5.74) is 1.55. The molecule has 0 fully saturated rings. The number of carbonyl (C=O) groups excluding carboxylic acids is 1. The van der Waals surface area contributed by atoms with Crippen LogP contribution in [0.2, 0.25) is 0 Å². The molecule has 0 aliphatic carbocycles. The maximum absolute atomic E-state index is 12.1. The molecule has 1 N–H and O–H groups in total. The minimum atomic E-state index is -0.588. The van der Waals surface area contributed by atoms with Crippen LogP contribution < -0.4 is 10.1 Å². The van der Waals surface area contributed by atoms with Crippen LogP contribution in [0.1, 0.15) is 31.9 Å². The second kappa shape index (κ2) is 8.01. The lowest BCUT2D eigenvalue weighted by atomic mass is 10.1. The van der Waals surface area contributed by atoms with E-state index in [4.69, 9.17) is 9.47 Å². The lowest BCUT2D eigenvalue weighted by molar-refractivity contribution is 0.0636. The van der Waals surface area contributed by atoms with Crippen molar-refractivity contribution in [2.24, 2.45) is 0 Å². The molecular weight excluding hydrogens is 352 g/mol. The van der Waals surface area contributed by atoms with Gasteiger partial charge in [-0.3, -0.25) is 5.32 Å². The fourth-order valence-electron chi connectivity index (χ4n) is 2.74. The highest BCUT2D eigenvalue weighted by Gasteiger charge is 2.17. The number of anilines is 1. The molecule has 0 saturated heterocycles. The predicted octanol–water partition coefficient (Wildman–Crippen LogP) is 5.64. The first kappa shape index (κ1) is 19.2. The quantitative estimate of drug-likeness (QED) is 0.642. The highest BCUT2D eigenvalue weighted by atomic mass is 16.6. The van der Waals surface area contributed by atoms with E-state index in [1.165, 1.54) is 0 Å². The smallest absolute Gasteiger partial charge is 0.412 e. The number of rotatable bonds is 4. The van der Waals surface area contributed by atoms with Gasteiger partial charge in [-0.05, 0) is 49.9 Å². The number of nitriles is 1. The summed E-state index contributed by atoms with van der Waals surface area (Å²) in [7, 11) is 0. The molecule has 0 aliphatic rings. The Morgan fingerprint density at radius 3 is 2.50 bits per heavy atom. The monoisotopic (exact) mass is 374 g/mol. The van der Waals surface area contributed by atoms with Crippen molar-refractivity contribution in [2.45, 2.75) is 33.0 Å². The van der Waals surface area contributed by atoms with Crippen molar-refractivity contribution in [1.29, 1.82) is 5.26 Å². The summed E-state index contributed by atoms with van der Waals surface area (Å²) < 4.78 is 11.4. The summed E-state index contributed by atoms with van der Waals surface area (Å²) >= 11 is 0. The SMILES string of the molecule is CC(C)(C)OC(=O)Nc1cc(OCc2ccccc2)c2cc(C#N)ccc2c1. The van der Waals surface area contributed by atoms with Crippen LogP contribution in [0.15, 0.2) is 60.7 Å². The molecule has 0 heterocycles. The summed E-state index contributed by atoms with van der Waals surface area (Å²) in [6.45, 7) is 5.81. The maximum Gasteiger partial charge on any atom is 0.412 e. The van der Waals surface area contributed by atoms with E-state index in [1.54, 1.807) is 18.2 Å². The minimum Gasteiger partial charge on any atom is -0.488 e. The van der Waals surface area contributed by atoms with Gasteiger partial charge in [-0.15, -0.1) is 0 Å². The van der Waals surface area contributed by atoms with E-state index in [-0.39, 0.29) is 0 Å². The van der Waals surface area contributed by atoms with Crippen molar-refractivity contribution in [3.8, 4) is 11.8 Å². The second-order valence-corrected chi connectivity index (χ2v) is 7.42. The summed E-state index contributed by atoms with van der Waals surface area (Å²) in [6.07, 6.45) is -0.533. The highest BCUT2D eigenvalue weighted by molar-refractivity contribution is 5.95. The molecule has 3 aromatic carbocycles. The van der Waals surface area contributed by atoms with Crippen molar-refractivity contribution in [3.05, 3.63) is 71.8 Å². The molecule has 0 radical (unpaired) electrons. The van der Waals surface area contributed by atoms with Crippen LogP contribution in [0, 0.1) is 11.3 Å². The number of amides is 1. The number of carbonyl (C=O) groups is 1. The molecule has 5 nitrogen and oxygen atoms in total. The van der Waals surface area contributed by atoms with Gasteiger partial charge >= 0.3 is 6.09 Å². The molecule has 0 bridgehead atoms. The zero-order valence-corrected chi connectivity index (χ0v) is 16.2. The van der Waals surface area contributed by atoms with Gasteiger partial charge in [0, 0.05) is 17.1 Å². The van der Waals surface area contributed by atoms with E-state index in [0.717, 1.165) is 16.3 Å². The molecule has 0 atom stereocenters. The van der Waals surface area contributed by atoms with Gasteiger partial charge < -0.3 is 9.47 Å². The maximum atomic E-state index is 12.1. The Morgan fingerprint density at radius 2 is 1.82 bits per heavy atom. The molecule has 0 saturated carbocycles. The summed E-state index contributed by atoms with van der Waals surface area (Å²) in [5.74, 6) is 0.588. The molecule has 1 amide bonds. The first-order chi connectivity index (χ1) is 13.3. The van der Waals surface area contributed by atoms with E-state index in [9.17, 15) is 10.1 Å². The zero-order valence-electron chi connectivity index (χ0n) is 16.2. The van der Waals surface area contributed by atoms with Gasteiger partial charge in [-0.1, -0.05) is 36.4 Å². The highest BCUT2D eigenvalue weighted by Crippen LogP contribution is 2.32. The molecule has 3 rings (SSSR count). The van der Waals surface area contributed by atoms with E-state index in [1.807, 2.05) is 63.2 Å². The van der Waals surface area contributed by atoms with Crippen molar-refractivity contribution >= 4 is 22.6 Å². The average Bonchev–Trinajstić information content (AvgIpc) is 2.65. The largest absolute Gasteiger partial charge is 0.488 e. The standard InChI is InChI=1S/C23H22N2O3/c1-23(2,3)28-22(26)25-19-12-18-10-9-17(14-24)11-20(18)21(13-19)27-15-16-7-5-4-6-8-16/h4-13H,15H2,1-3H3,(H,25,26). The number of benzene rings is 3. The van der Waals surface area contributed by atoms with Crippen molar-refractivity contribution < 1.29 is 14.3 Å².